The monoisotopic (exact) mass is 264 g/mol. The second-order valence-corrected chi connectivity index (χ2v) is 5.59. The quantitative estimate of drug-likeness (QED) is 0.562. The minimum atomic E-state index is -0.427. The molecule has 0 atom stereocenters. The first-order valence-corrected chi connectivity index (χ1v) is 6.06. The molecule has 14 heavy (non-hydrogen) atoms. The van der Waals surface area contributed by atoms with E-state index in [1.54, 1.807) is 0 Å². The number of rotatable bonds is 5. The average molecular weight is 265 g/mol. The van der Waals surface area contributed by atoms with E-state index in [9.17, 15) is 4.79 Å². The third-order valence-electron chi connectivity index (χ3n) is 3.32. The van der Waals surface area contributed by atoms with Crippen LogP contribution in [0.1, 0.15) is 40.5 Å². The van der Waals surface area contributed by atoms with Crippen molar-refractivity contribution in [2.24, 2.45) is 10.8 Å². The molecule has 2 nitrogen and oxygen atoms in total. The molecule has 0 saturated carbocycles. The fourth-order valence-electron chi connectivity index (χ4n) is 1.35. The van der Waals surface area contributed by atoms with E-state index >= 15 is 0 Å². The number of halogens is 1. The molecule has 0 aromatic rings. The van der Waals surface area contributed by atoms with Crippen LogP contribution in [0, 0.1) is 10.8 Å². The van der Waals surface area contributed by atoms with Gasteiger partial charge in [0, 0.05) is 5.33 Å². The van der Waals surface area contributed by atoms with Crippen molar-refractivity contribution in [3.05, 3.63) is 0 Å². The van der Waals surface area contributed by atoms with Crippen molar-refractivity contribution in [2.75, 3.05) is 12.4 Å². The van der Waals surface area contributed by atoms with Crippen molar-refractivity contribution < 1.29 is 9.53 Å². The normalized spacial score (nSPS) is 12.7. The predicted octanol–water partition coefficient (Wildman–Crippen LogP) is 3.39. The van der Waals surface area contributed by atoms with Gasteiger partial charge >= 0.3 is 5.97 Å². The Kier molecular flexibility index (Phi) is 5.13. The number of alkyl halides is 1. The fraction of sp³-hybridized carbons (Fsp3) is 0.909. The molecule has 0 aromatic carbocycles. The summed E-state index contributed by atoms with van der Waals surface area (Å²) in [6, 6.07) is 0. The van der Waals surface area contributed by atoms with Gasteiger partial charge in [-0.15, -0.1) is 0 Å². The molecule has 0 spiro atoms. The fourth-order valence-corrected chi connectivity index (χ4v) is 1.63. The average Bonchev–Trinajstić information content (AvgIpc) is 2.13. The van der Waals surface area contributed by atoms with E-state index in [1.165, 1.54) is 7.11 Å². The number of ether oxygens (including phenoxy) is 1. The smallest absolute Gasteiger partial charge is 0.311 e. The molecule has 3 heteroatoms. The van der Waals surface area contributed by atoms with Crippen LogP contribution in [0.5, 0.6) is 0 Å². The molecule has 0 fully saturated rings. The summed E-state index contributed by atoms with van der Waals surface area (Å²) >= 11 is 3.41. The zero-order valence-corrected chi connectivity index (χ0v) is 11.4. The molecule has 0 N–H and O–H groups in total. The maximum absolute atomic E-state index is 11.6. The van der Waals surface area contributed by atoms with Crippen LogP contribution in [0.4, 0.5) is 0 Å². The van der Waals surface area contributed by atoms with Crippen LogP contribution < -0.4 is 0 Å². The highest BCUT2D eigenvalue weighted by Crippen LogP contribution is 2.43. The Morgan fingerprint density at radius 2 is 1.79 bits per heavy atom. The molecule has 0 heterocycles. The second kappa shape index (κ2) is 5.15. The number of hydrogen-bond donors (Lipinski definition) is 0. The third kappa shape index (κ3) is 2.97. The van der Waals surface area contributed by atoms with Gasteiger partial charge in [-0.3, -0.25) is 4.79 Å². The van der Waals surface area contributed by atoms with Gasteiger partial charge in [0.1, 0.15) is 0 Å². The Morgan fingerprint density at radius 3 is 2.14 bits per heavy atom. The Bertz CT molecular complexity index is 197. The summed E-state index contributed by atoms with van der Waals surface area (Å²) < 4.78 is 4.83. The van der Waals surface area contributed by atoms with Gasteiger partial charge < -0.3 is 4.74 Å². The number of carbonyl (C=O) groups is 1. The van der Waals surface area contributed by atoms with Crippen LogP contribution in [-0.4, -0.2) is 18.4 Å². The lowest BCUT2D eigenvalue weighted by atomic mass is 9.65. The molecule has 0 bridgehead atoms. The Hall–Kier alpha value is -0.0500. The molecule has 0 aliphatic heterocycles. The SMILES string of the molecule is COC(=O)C(C)(C)C(C)(C)CCCBr. The van der Waals surface area contributed by atoms with Gasteiger partial charge in [-0.2, -0.15) is 0 Å². The number of methoxy groups -OCH3 is 1. The molecule has 0 unspecified atom stereocenters. The minimum Gasteiger partial charge on any atom is -0.469 e. The molecular weight excluding hydrogens is 244 g/mol. The van der Waals surface area contributed by atoms with Gasteiger partial charge in [-0.1, -0.05) is 29.8 Å². The predicted molar refractivity (Wildman–Crippen MR) is 62.6 cm³/mol. The number of hydrogen-bond acceptors (Lipinski definition) is 2. The number of carbonyl (C=O) groups excluding carboxylic acids is 1. The standard InChI is InChI=1S/C11H21BrO2/c1-10(2,7-6-8-12)11(3,4)9(13)14-5/h6-8H2,1-5H3. The van der Waals surface area contributed by atoms with Gasteiger partial charge in [0.05, 0.1) is 12.5 Å². The molecular formula is C11H21BrO2. The van der Waals surface area contributed by atoms with E-state index in [2.05, 4.69) is 29.8 Å². The van der Waals surface area contributed by atoms with Gasteiger partial charge in [-0.25, -0.2) is 0 Å². The largest absolute Gasteiger partial charge is 0.469 e. The van der Waals surface area contributed by atoms with E-state index in [-0.39, 0.29) is 11.4 Å². The summed E-state index contributed by atoms with van der Waals surface area (Å²) in [6.07, 6.45) is 2.09. The van der Waals surface area contributed by atoms with Crippen LogP contribution in [0.25, 0.3) is 0 Å². The van der Waals surface area contributed by atoms with E-state index in [4.69, 9.17) is 4.74 Å². The molecule has 0 aliphatic carbocycles. The van der Waals surface area contributed by atoms with Crippen LogP contribution >= 0.6 is 15.9 Å². The van der Waals surface area contributed by atoms with E-state index < -0.39 is 5.41 Å². The van der Waals surface area contributed by atoms with Crippen LogP contribution in [0.3, 0.4) is 0 Å². The highest BCUT2D eigenvalue weighted by Gasteiger charge is 2.43. The zero-order valence-electron chi connectivity index (χ0n) is 9.82. The maximum atomic E-state index is 11.6. The lowest BCUT2D eigenvalue weighted by Gasteiger charge is -2.39. The topological polar surface area (TPSA) is 26.3 Å². The summed E-state index contributed by atoms with van der Waals surface area (Å²) in [5, 5.41) is 0.980. The van der Waals surface area contributed by atoms with E-state index in [0.29, 0.717) is 0 Å². The van der Waals surface area contributed by atoms with Crippen molar-refractivity contribution in [2.45, 2.75) is 40.5 Å². The van der Waals surface area contributed by atoms with Gasteiger partial charge in [0.25, 0.3) is 0 Å². The summed E-state index contributed by atoms with van der Waals surface area (Å²) in [5.41, 5.74) is -0.461. The molecule has 0 saturated heterocycles. The second-order valence-electron chi connectivity index (χ2n) is 4.79. The summed E-state index contributed by atoms with van der Waals surface area (Å²) in [7, 11) is 1.45. The summed E-state index contributed by atoms with van der Waals surface area (Å²) in [5.74, 6) is -0.128. The molecule has 0 aromatic heterocycles. The minimum absolute atomic E-state index is 0.0339. The first kappa shape index (κ1) is 13.9. The Labute approximate surface area is 95.5 Å². The molecule has 0 radical (unpaired) electrons. The van der Waals surface area contributed by atoms with Crippen LogP contribution in [0.15, 0.2) is 0 Å². The van der Waals surface area contributed by atoms with Crippen molar-refractivity contribution in [1.82, 2.24) is 0 Å². The first-order chi connectivity index (χ1) is 6.29. The molecule has 0 aliphatic rings. The van der Waals surface area contributed by atoms with E-state index in [1.807, 2.05) is 13.8 Å². The van der Waals surface area contributed by atoms with Crippen LogP contribution in [-0.2, 0) is 9.53 Å². The molecule has 0 amide bonds. The summed E-state index contributed by atoms with van der Waals surface area (Å²) in [6.45, 7) is 8.14. The van der Waals surface area contributed by atoms with Crippen LogP contribution in [0.2, 0.25) is 0 Å². The van der Waals surface area contributed by atoms with Gasteiger partial charge in [0.15, 0.2) is 0 Å². The molecule has 84 valence electrons. The Morgan fingerprint density at radius 1 is 1.29 bits per heavy atom. The van der Waals surface area contributed by atoms with Gasteiger partial charge in [0.2, 0.25) is 0 Å². The number of esters is 1. The highest BCUT2D eigenvalue weighted by atomic mass is 79.9. The third-order valence-corrected chi connectivity index (χ3v) is 3.88. The van der Waals surface area contributed by atoms with Gasteiger partial charge in [-0.05, 0) is 32.1 Å². The first-order valence-electron chi connectivity index (χ1n) is 4.94. The van der Waals surface area contributed by atoms with Crippen molar-refractivity contribution >= 4 is 21.9 Å². The maximum Gasteiger partial charge on any atom is 0.311 e. The van der Waals surface area contributed by atoms with Crippen molar-refractivity contribution in [3.8, 4) is 0 Å². The zero-order chi connectivity index (χ0) is 11.4. The van der Waals surface area contributed by atoms with Crippen molar-refractivity contribution in [1.29, 1.82) is 0 Å². The lowest BCUT2D eigenvalue weighted by molar-refractivity contribution is -0.158. The van der Waals surface area contributed by atoms with E-state index in [0.717, 1.165) is 18.2 Å². The highest BCUT2D eigenvalue weighted by molar-refractivity contribution is 9.09. The lowest BCUT2D eigenvalue weighted by Crippen LogP contribution is -2.40. The molecule has 0 rings (SSSR count). The summed E-state index contributed by atoms with van der Waals surface area (Å²) in [4.78, 5) is 11.6. The van der Waals surface area contributed by atoms with Crippen molar-refractivity contribution in [3.63, 3.8) is 0 Å². The Balaban J connectivity index is 4.59.